The standard InChI is InChI=1S/C13H18O/c14-10-13(12-7-4-8-12)9-11-5-2-1-3-6-11/h1-3,5-6,12-14H,4,7-10H2/t13-/m0/s1. The van der Waals surface area contributed by atoms with E-state index in [-0.39, 0.29) is 0 Å². The summed E-state index contributed by atoms with van der Waals surface area (Å²) in [6.07, 6.45) is 5.04. The Bertz CT molecular complexity index is 264. The molecule has 1 N–H and O–H groups in total. The van der Waals surface area contributed by atoms with Gasteiger partial charge in [0.25, 0.3) is 0 Å². The van der Waals surface area contributed by atoms with Crippen molar-refractivity contribution < 1.29 is 5.11 Å². The van der Waals surface area contributed by atoms with E-state index in [0.717, 1.165) is 12.3 Å². The molecular weight excluding hydrogens is 172 g/mol. The van der Waals surface area contributed by atoms with Crippen LogP contribution in [-0.2, 0) is 6.42 Å². The zero-order valence-corrected chi connectivity index (χ0v) is 8.52. The third-order valence-corrected chi connectivity index (χ3v) is 3.39. The summed E-state index contributed by atoms with van der Waals surface area (Å²) in [7, 11) is 0. The van der Waals surface area contributed by atoms with Crippen molar-refractivity contribution in [3.05, 3.63) is 35.9 Å². The van der Waals surface area contributed by atoms with Gasteiger partial charge in [-0.3, -0.25) is 0 Å². The Hall–Kier alpha value is -0.820. The highest BCUT2D eigenvalue weighted by molar-refractivity contribution is 5.15. The predicted molar refractivity (Wildman–Crippen MR) is 58.1 cm³/mol. The van der Waals surface area contributed by atoms with Gasteiger partial charge < -0.3 is 5.11 Å². The number of hydrogen-bond donors (Lipinski definition) is 1. The second kappa shape index (κ2) is 4.61. The highest BCUT2D eigenvalue weighted by Crippen LogP contribution is 2.34. The van der Waals surface area contributed by atoms with Crippen LogP contribution in [0.25, 0.3) is 0 Å². The Morgan fingerprint density at radius 1 is 1.21 bits per heavy atom. The summed E-state index contributed by atoms with van der Waals surface area (Å²) < 4.78 is 0. The fourth-order valence-electron chi connectivity index (χ4n) is 2.21. The van der Waals surface area contributed by atoms with Gasteiger partial charge in [0.15, 0.2) is 0 Å². The Balaban J connectivity index is 1.94. The first-order valence-corrected chi connectivity index (χ1v) is 5.55. The number of hydrogen-bond acceptors (Lipinski definition) is 1. The normalized spacial score (nSPS) is 18.9. The van der Waals surface area contributed by atoms with E-state index < -0.39 is 0 Å². The summed E-state index contributed by atoms with van der Waals surface area (Å²) in [5.41, 5.74) is 1.36. The van der Waals surface area contributed by atoms with Crippen LogP contribution in [0.3, 0.4) is 0 Å². The minimum absolute atomic E-state index is 0.347. The molecule has 1 aliphatic carbocycles. The summed E-state index contributed by atoms with van der Waals surface area (Å²) in [6, 6.07) is 10.5. The summed E-state index contributed by atoms with van der Waals surface area (Å²) in [6.45, 7) is 0.347. The van der Waals surface area contributed by atoms with Gasteiger partial charge in [-0.05, 0) is 23.8 Å². The summed E-state index contributed by atoms with van der Waals surface area (Å²) in [5, 5.41) is 9.32. The molecule has 1 aromatic rings. The van der Waals surface area contributed by atoms with Gasteiger partial charge in [0.2, 0.25) is 0 Å². The van der Waals surface area contributed by atoms with Crippen molar-refractivity contribution in [2.45, 2.75) is 25.7 Å². The van der Waals surface area contributed by atoms with E-state index in [1.807, 2.05) is 6.07 Å². The lowest BCUT2D eigenvalue weighted by atomic mass is 9.74. The van der Waals surface area contributed by atoms with Crippen molar-refractivity contribution in [1.29, 1.82) is 0 Å². The molecule has 0 amide bonds. The number of benzene rings is 1. The maximum Gasteiger partial charge on any atom is 0.0465 e. The van der Waals surface area contributed by atoms with Crippen LogP contribution in [0.15, 0.2) is 30.3 Å². The van der Waals surface area contributed by atoms with Gasteiger partial charge >= 0.3 is 0 Å². The lowest BCUT2D eigenvalue weighted by Gasteiger charge is -2.32. The van der Waals surface area contributed by atoms with E-state index >= 15 is 0 Å². The zero-order valence-electron chi connectivity index (χ0n) is 8.52. The molecule has 0 heterocycles. The van der Waals surface area contributed by atoms with Crippen LogP contribution >= 0.6 is 0 Å². The van der Waals surface area contributed by atoms with Gasteiger partial charge in [-0.25, -0.2) is 0 Å². The van der Waals surface area contributed by atoms with Crippen molar-refractivity contribution in [2.75, 3.05) is 6.61 Å². The molecule has 76 valence electrons. The van der Waals surface area contributed by atoms with E-state index in [0.29, 0.717) is 12.5 Å². The van der Waals surface area contributed by atoms with E-state index in [9.17, 15) is 5.11 Å². The topological polar surface area (TPSA) is 20.2 Å². The smallest absolute Gasteiger partial charge is 0.0465 e. The van der Waals surface area contributed by atoms with E-state index in [4.69, 9.17) is 0 Å². The maximum atomic E-state index is 9.32. The van der Waals surface area contributed by atoms with Crippen molar-refractivity contribution in [1.82, 2.24) is 0 Å². The molecule has 1 saturated carbocycles. The first-order chi connectivity index (χ1) is 6.90. The van der Waals surface area contributed by atoms with Crippen LogP contribution < -0.4 is 0 Å². The molecule has 2 rings (SSSR count). The maximum absolute atomic E-state index is 9.32. The molecule has 1 atom stereocenters. The Kier molecular flexibility index (Phi) is 3.20. The molecule has 0 unspecified atom stereocenters. The van der Waals surface area contributed by atoms with Crippen molar-refractivity contribution in [3.8, 4) is 0 Å². The van der Waals surface area contributed by atoms with Crippen LogP contribution in [0.5, 0.6) is 0 Å². The first kappa shape index (κ1) is 9.72. The monoisotopic (exact) mass is 190 g/mol. The van der Waals surface area contributed by atoms with Gasteiger partial charge in [-0.1, -0.05) is 49.6 Å². The van der Waals surface area contributed by atoms with Gasteiger partial charge in [0.05, 0.1) is 0 Å². The lowest BCUT2D eigenvalue weighted by molar-refractivity contribution is 0.123. The van der Waals surface area contributed by atoms with E-state index in [1.54, 1.807) is 0 Å². The summed E-state index contributed by atoms with van der Waals surface area (Å²) in [4.78, 5) is 0. The Morgan fingerprint density at radius 2 is 1.93 bits per heavy atom. The molecule has 1 heteroatoms. The van der Waals surface area contributed by atoms with Crippen LogP contribution in [0.2, 0.25) is 0 Å². The highest BCUT2D eigenvalue weighted by Gasteiger charge is 2.26. The fraction of sp³-hybridized carbons (Fsp3) is 0.538. The average Bonchev–Trinajstić information content (AvgIpc) is 2.15. The molecular formula is C13H18O. The van der Waals surface area contributed by atoms with Crippen LogP contribution in [-0.4, -0.2) is 11.7 Å². The molecule has 0 radical (unpaired) electrons. The van der Waals surface area contributed by atoms with Gasteiger partial charge in [-0.15, -0.1) is 0 Å². The second-order valence-electron chi connectivity index (χ2n) is 4.32. The predicted octanol–water partition coefficient (Wildman–Crippen LogP) is 2.64. The molecule has 1 nitrogen and oxygen atoms in total. The lowest BCUT2D eigenvalue weighted by Crippen LogP contribution is -2.26. The minimum atomic E-state index is 0.347. The highest BCUT2D eigenvalue weighted by atomic mass is 16.3. The van der Waals surface area contributed by atoms with Crippen molar-refractivity contribution >= 4 is 0 Å². The number of aliphatic hydroxyl groups excluding tert-OH is 1. The molecule has 1 fully saturated rings. The van der Waals surface area contributed by atoms with Crippen molar-refractivity contribution in [3.63, 3.8) is 0 Å². The van der Waals surface area contributed by atoms with E-state index in [1.165, 1.54) is 24.8 Å². The minimum Gasteiger partial charge on any atom is -0.396 e. The van der Waals surface area contributed by atoms with Crippen molar-refractivity contribution in [2.24, 2.45) is 11.8 Å². The third-order valence-electron chi connectivity index (χ3n) is 3.39. The molecule has 14 heavy (non-hydrogen) atoms. The Labute approximate surface area is 85.8 Å². The van der Waals surface area contributed by atoms with Gasteiger partial charge in [0, 0.05) is 6.61 Å². The molecule has 1 aliphatic rings. The molecule has 0 aromatic heterocycles. The molecule has 0 aliphatic heterocycles. The van der Waals surface area contributed by atoms with Crippen LogP contribution in [0.1, 0.15) is 24.8 Å². The average molecular weight is 190 g/mol. The zero-order chi connectivity index (χ0) is 9.80. The molecule has 0 spiro atoms. The fourth-order valence-corrected chi connectivity index (χ4v) is 2.21. The van der Waals surface area contributed by atoms with Gasteiger partial charge in [0.1, 0.15) is 0 Å². The summed E-state index contributed by atoms with van der Waals surface area (Å²) in [5.74, 6) is 1.27. The first-order valence-electron chi connectivity index (χ1n) is 5.55. The van der Waals surface area contributed by atoms with Gasteiger partial charge in [-0.2, -0.15) is 0 Å². The van der Waals surface area contributed by atoms with Crippen LogP contribution in [0.4, 0.5) is 0 Å². The van der Waals surface area contributed by atoms with E-state index in [2.05, 4.69) is 24.3 Å². The molecule has 0 saturated heterocycles. The second-order valence-corrected chi connectivity index (χ2v) is 4.32. The number of rotatable bonds is 4. The molecule has 0 bridgehead atoms. The Morgan fingerprint density at radius 3 is 2.43 bits per heavy atom. The third kappa shape index (κ3) is 2.16. The van der Waals surface area contributed by atoms with Crippen LogP contribution in [0, 0.1) is 11.8 Å². The quantitative estimate of drug-likeness (QED) is 0.774. The SMILES string of the molecule is OC[C@H](Cc1ccccc1)C1CCC1. The largest absolute Gasteiger partial charge is 0.396 e. The summed E-state index contributed by atoms with van der Waals surface area (Å²) >= 11 is 0. The molecule has 1 aromatic carbocycles. The number of aliphatic hydroxyl groups is 1.